The van der Waals surface area contributed by atoms with E-state index >= 15 is 0 Å². The van der Waals surface area contributed by atoms with Crippen LogP contribution in [0.25, 0.3) is 0 Å². The molecule has 0 radical (unpaired) electrons. The predicted octanol–water partition coefficient (Wildman–Crippen LogP) is 4.78. The molecule has 132 valence electrons. The number of amides is 2. The lowest BCUT2D eigenvalue weighted by Gasteiger charge is -2.29. The molecule has 0 spiro atoms. The minimum Gasteiger partial charge on any atom is -0.316 e. The highest BCUT2D eigenvalue weighted by Crippen LogP contribution is 2.28. The Morgan fingerprint density at radius 2 is 1.77 bits per heavy atom. The topological polar surface area (TPSA) is 45.2 Å². The van der Waals surface area contributed by atoms with Gasteiger partial charge >= 0.3 is 6.03 Å². The highest BCUT2D eigenvalue weighted by Gasteiger charge is 2.24. The fraction of sp³-hybridized carbons (Fsp3) is 0.143. The third-order valence-corrected chi connectivity index (χ3v) is 4.28. The Kier molecular flexibility index (Phi) is 5.27. The van der Waals surface area contributed by atoms with Crippen LogP contribution in [0.15, 0.2) is 73.1 Å². The number of carbonyl (C=O) groups excluding carboxylic acids is 1. The highest BCUT2D eigenvalue weighted by atomic mass is 19.1. The van der Waals surface area contributed by atoms with Gasteiger partial charge in [-0.15, -0.1) is 0 Å². The first-order valence-corrected chi connectivity index (χ1v) is 8.31. The summed E-state index contributed by atoms with van der Waals surface area (Å²) < 4.78 is 13.3. The van der Waals surface area contributed by atoms with Gasteiger partial charge in [0.1, 0.15) is 5.82 Å². The number of pyridine rings is 1. The van der Waals surface area contributed by atoms with Crippen LogP contribution in [-0.4, -0.2) is 23.0 Å². The van der Waals surface area contributed by atoms with Crippen LogP contribution in [0.5, 0.6) is 0 Å². The Labute approximate surface area is 152 Å². The van der Waals surface area contributed by atoms with E-state index in [1.165, 1.54) is 12.1 Å². The number of aryl methyl sites for hydroxylation is 1. The van der Waals surface area contributed by atoms with Gasteiger partial charge in [-0.25, -0.2) is 9.18 Å². The molecule has 0 unspecified atom stereocenters. The van der Waals surface area contributed by atoms with Gasteiger partial charge in [-0.05, 0) is 47.9 Å². The average Bonchev–Trinajstić information content (AvgIpc) is 2.66. The van der Waals surface area contributed by atoms with Crippen LogP contribution in [0, 0.1) is 12.7 Å². The van der Waals surface area contributed by atoms with Crippen molar-refractivity contribution in [3.05, 3.63) is 95.6 Å². The molecule has 1 aromatic heterocycles. The van der Waals surface area contributed by atoms with Crippen molar-refractivity contribution in [2.75, 3.05) is 12.4 Å². The smallest absolute Gasteiger partial charge is 0.316 e. The number of nitrogens with one attached hydrogen (secondary N) is 1. The van der Waals surface area contributed by atoms with Crippen LogP contribution in [0.1, 0.15) is 22.7 Å². The lowest BCUT2D eigenvalue weighted by atomic mass is 9.99. The standard InChI is InChI=1S/C21H20FN3O/c1-15-6-3-4-8-19(15)24-21(26)25(2)20(17-7-5-13-23-14-17)16-9-11-18(22)12-10-16/h3-14,20H,1-2H3,(H,24,26)/t20-/m0/s1. The molecule has 3 aromatic rings. The van der Waals surface area contributed by atoms with Crippen molar-refractivity contribution in [2.24, 2.45) is 0 Å². The van der Waals surface area contributed by atoms with E-state index in [0.717, 1.165) is 22.4 Å². The monoisotopic (exact) mass is 349 g/mol. The lowest BCUT2D eigenvalue weighted by Crippen LogP contribution is -2.35. The van der Waals surface area contributed by atoms with Crippen LogP contribution >= 0.6 is 0 Å². The second kappa shape index (κ2) is 7.78. The van der Waals surface area contributed by atoms with E-state index in [9.17, 15) is 9.18 Å². The number of rotatable bonds is 4. The van der Waals surface area contributed by atoms with Crippen LogP contribution < -0.4 is 5.32 Å². The van der Waals surface area contributed by atoms with Gasteiger partial charge in [-0.3, -0.25) is 4.98 Å². The van der Waals surface area contributed by atoms with Crippen molar-refractivity contribution in [2.45, 2.75) is 13.0 Å². The van der Waals surface area contributed by atoms with Crippen molar-refractivity contribution in [1.29, 1.82) is 0 Å². The molecule has 3 rings (SSSR count). The molecule has 1 heterocycles. The number of hydrogen-bond donors (Lipinski definition) is 1. The second-order valence-electron chi connectivity index (χ2n) is 6.10. The Morgan fingerprint density at radius 1 is 1.04 bits per heavy atom. The third-order valence-electron chi connectivity index (χ3n) is 4.28. The van der Waals surface area contributed by atoms with Gasteiger partial charge < -0.3 is 10.2 Å². The molecule has 0 aliphatic carbocycles. The summed E-state index contributed by atoms with van der Waals surface area (Å²) in [5.41, 5.74) is 3.39. The van der Waals surface area contributed by atoms with Gasteiger partial charge in [0, 0.05) is 25.1 Å². The maximum atomic E-state index is 13.3. The number of anilines is 1. The molecule has 2 amide bonds. The van der Waals surface area contributed by atoms with E-state index in [4.69, 9.17) is 0 Å². The summed E-state index contributed by atoms with van der Waals surface area (Å²) in [7, 11) is 1.72. The largest absolute Gasteiger partial charge is 0.322 e. The summed E-state index contributed by atoms with van der Waals surface area (Å²) in [6.07, 6.45) is 3.39. The molecule has 4 nitrogen and oxygen atoms in total. The van der Waals surface area contributed by atoms with Crippen molar-refractivity contribution >= 4 is 11.7 Å². The van der Waals surface area contributed by atoms with Crippen LogP contribution in [0.3, 0.4) is 0 Å². The van der Waals surface area contributed by atoms with E-state index < -0.39 is 0 Å². The van der Waals surface area contributed by atoms with Crippen LogP contribution in [0.2, 0.25) is 0 Å². The number of hydrogen-bond acceptors (Lipinski definition) is 2. The van der Waals surface area contributed by atoms with Gasteiger partial charge in [0.2, 0.25) is 0 Å². The molecular weight excluding hydrogens is 329 g/mol. The molecule has 0 bridgehead atoms. The highest BCUT2D eigenvalue weighted by molar-refractivity contribution is 5.90. The normalized spacial score (nSPS) is 11.7. The molecular formula is C21H20FN3O. The zero-order chi connectivity index (χ0) is 18.5. The molecule has 26 heavy (non-hydrogen) atoms. The van der Waals surface area contributed by atoms with Crippen molar-refractivity contribution in [1.82, 2.24) is 9.88 Å². The molecule has 0 saturated heterocycles. The SMILES string of the molecule is Cc1ccccc1NC(=O)N(C)[C@@H](c1ccc(F)cc1)c1cccnc1. The minimum absolute atomic E-state index is 0.252. The molecule has 1 N–H and O–H groups in total. The Hall–Kier alpha value is -3.21. The van der Waals surface area contributed by atoms with Crippen LogP contribution in [0.4, 0.5) is 14.9 Å². The number of carbonyl (C=O) groups is 1. The number of nitrogens with zero attached hydrogens (tertiary/aromatic N) is 2. The van der Waals surface area contributed by atoms with Gasteiger partial charge in [-0.2, -0.15) is 0 Å². The molecule has 0 aliphatic rings. The Balaban J connectivity index is 1.92. The van der Waals surface area contributed by atoms with E-state index in [-0.39, 0.29) is 17.9 Å². The Bertz CT molecular complexity index is 881. The van der Waals surface area contributed by atoms with E-state index in [0.29, 0.717) is 0 Å². The fourth-order valence-corrected chi connectivity index (χ4v) is 2.86. The van der Waals surface area contributed by atoms with Gasteiger partial charge in [0.15, 0.2) is 0 Å². The summed E-state index contributed by atoms with van der Waals surface area (Å²) in [6.45, 7) is 1.94. The fourth-order valence-electron chi connectivity index (χ4n) is 2.86. The molecule has 2 aromatic carbocycles. The van der Waals surface area contributed by atoms with E-state index in [2.05, 4.69) is 10.3 Å². The summed E-state index contributed by atoms with van der Waals surface area (Å²) in [5, 5.41) is 2.93. The van der Waals surface area contributed by atoms with E-state index in [1.54, 1.807) is 36.5 Å². The van der Waals surface area contributed by atoms with Crippen molar-refractivity contribution in [3.8, 4) is 0 Å². The lowest BCUT2D eigenvalue weighted by molar-refractivity contribution is 0.212. The first kappa shape index (κ1) is 17.6. The molecule has 1 atom stereocenters. The summed E-state index contributed by atoms with van der Waals surface area (Å²) in [4.78, 5) is 18.6. The summed E-state index contributed by atoms with van der Waals surface area (Å²) in [6, 6.07) is 16.8. The average molecular weight is 349 g/mol. The first-order valence-electron chi connectivity index (χ1n) is 8.31. The second-order valence-corrected chi connectivity index (χ2v) is 6.10. The van der Waals surface area contributed by atoms with Crippen molar-refractivity contribution < 1.29 is 9.18 Å². The van der Waals surface area contributed by atoms with Gasteiger partial charge in [0.05, 0.1) is 6.04 Å². The minimum atomic E-state index is -0.381. The number of halogens is 1. The number of para-hydroxylation sites is 1. The first-order chi connectivity index (χ1) is 12.6. The van der Waals surface area contributed by atoms with E-state index in [1.807, 2.05) is 43.3 Å². The Morgan fingerprint density at radius 3 is 2.42 bits per heavy atom. The maximum Gasteiger partial charge on any atom is 0.322 e. The summed E-state index contributed by atoms with van der Waals surface area (Å²) in [5.74, 6) is -0.314. The molecule has 0 fully saturated rings. The van der Waals surface area contributed by atoms with Gasteiger partial charge in [0.25, 0.3) is 0 Å². The molecule has 0 aliphatic heterocycles. The van der Waals surface area contributed by atoms with Gasteiger partial charge in [-0.1, -0.05) is 36.4 Å². The number of benzene rings is 2. The zero-order valence-electron chi connectivity index (χ0n) is 14.7. The number of aromatic nitrogens is 1. The maximum absolute atomic E-state index is 13.3. The molecule has 5 heteroatoms. The van der Waals surface area contributed by atoms with Crippen molar-refractivity contribution in [3.63, 3.8) is 0 Å². The summed E-state index contributed by atoms with van der Waals surface area (Å²) >= 11 is 0. The molecule has 0 saturated carbocycles. The quantitative estimate of drug-likeness (QED) is 0.736. The van der Waals surface area contributed by atoms with Crippen LogP contribution in [-0.2, 0) is 0 Å². The third kappa shape index (κ3) is 3.88. The predicted molar refractivity (Wildman–Crippen MR) is 100 cm³/mol. The zero-order valence-corrected chi connectivity index (χ0v) is 14.7. The number of urea groups is 1.